The van der Waals surface area contributed by atoms with Crippen molar-refractivity contribution in [3.8, 4) is 0 Å². The third-order valence-electron chi connectivity index (χ3n) is 3.94. The Morgan fingerprint density at radius 3 is 2.32 bits per heavy atom. The van der Waals surface area contributed by atoms with Crippen LogP contribution in [0.1, 0.15) is 56.1 Å². The Bertz CT molecular complexity index is 709. The van der Waals surface area contributed by atoms with E-state index < -0.39 is 6.04 Å². The van der Waals surface area contributed by atoms with Crippen LogP contribution in [-0.4, -0.2) is 9.78 Å². The minimum atomic E-state index is -0.436. The van der Waals surface area contributed by atoms with Gasteiger partial charge in [0.15, 0.2) is 0 Å². The summed E-state index contributed by atoms with van der Waals surface area (Å²) in [5, 5.41) is 4.36. The maximum atomic E-state index is 12.4. The summed E-state index contributed by atoms with van der Waals surface area (Å²) >= 11 is 0. The van der Waals surface area contributed by atoms with Gasteiger partial charge >= 0.3 is 0 Å². The Hall–Kier alpha value is -1.94. The van der Waals surface area contributed by atoms with E-state index in [4.69, 9.17) is 5.73 Å². The van der Waals surface area contributed by atoms with Crippen LogP contribution in [0.5, 0.6) is 0 Å². The van der Waals surface area contributed by atoms with Gasteiger partial charge in [-0.15, -0.1) is 0 Å². The topological polar surface area (TPSA) is 60.9 Å². The zero-order chi connectivity index (χ0) is 16.5. The molecule has 0 aliphatic heterocycles. The molecule has 2 rings (SSSR count). The highest BCUT2D eigenvalue weighted by atomic mass is 16.1. The molecule has 0 radical (unpaired) electrons. The fraction of sp³-hybridized carbons (Fsp3) is 0.444. The first-order valence-corrected chi connectivity index (χ1v) is 7.67. The first-order valence-electron chi connectivity index (χ1n) is 7.67. The molecule has 0 aliphatic rings. The van der Waals surface area contributed by atoms with E-state index in [1.165, 1.54) is 10.2 Å². The zero-order valence-corrected chi connectivity index (χ0v) is 14.1. The van der Waals surface area contributed by atoms with Crippen molar-refractivity contribution < 1.29 is 0 Å². The van der Waals surface area contributed by atoms with Crippen LogP contribution in [0.2, 0.25) is 0 Å². The largest absolute Gasteiger partial charge is 0.320 e. The van der Waals surface area contributed by atoms with E-state index in [1.807, 2.05) is 18.2 Å². The molecule has 1 aromatic carbocycles. The molecule has 0 amide bonds. The summed E-state index contributed by atoms with van der Waals surface area (Å²) in [7, 11) is 1.67. The van der Waals surface area contributed by atoms with E-state index in [1.54, 1.807) is 7.05 Å². The van der Waals surface area contributed by atoms with Gasteiger partial charge in [0, 0.05) is 18.0 Å². The lowest BCUT2D eigenvalue weighted by atomic mass is 9.89. The van der Waals surface area contributed by atoms with E-state index >= 15 is 0 Å². The second kappa shape index (κ2) is 6.05. The number of nitrogens with zero attached hydrogens (tertiary/aromatic N) is 2. The number of nitrogens with two attached hydrogens (primary N) is 1. The Balaban J connectivity index is 2.50. The van der Waals surface area contributed by atoms with Crippen LogP contribution in [0, 0.1) is 0 Å². The number of hydrogen-bond acceptors (Lipinski definition) is 3. The highest BCUT2D eigenvalue weighted by Gasteiger charge is 2.21. The summed E-state index contributed by atoms with van der Waals surface area (Å²) in [5.41, 5.74) is 9.74. The van der Waals surface area contributed by atoms with Crippen LogP contribution in [0.4, 0.5) is 0 Å². The van der Waals surface area contributed by atoms with Crippen molar-refractivity contribution in [3.05, 3.63) is 63.1 Å². The number of hydrogen-bond donors (Lipinski definition) is 1. The molecule has 0 saturated carbocycles. The number of rotatable bonds is 3. The molecular formula is C18H25N3O. The van der Waals surface area contributed by atoms with E-state index in [-0.39, 0.29) is 11.0 Å². The first-order chi connectivity index (χ1) is 10.2. The van der Waals surface area contributed by atoms with Crippen molar-refractivity contribution in [1.82, 2.24) is 9.78 Å². The lowest BCUT2D eigenvalue weighted by Gasteiger charge is -2.21. The maximum absolute atomic E-state index is 12.4. The predicted octanol–water partition coefficient (Wildman–Crippen LogP) is 2.69. The molecule has 0 fully saturated rings. The third kappa shape index (κ3) is 3.28. The molecule has 0 spiro atoms. The van der Waals surface area contributed by atoms with Gasteiger partial charge in [0.05, 0.1) is 11.7 Å². The molecule has 1 atom stereocenters. The fourth-order valence-electron chi connectivity index (χ4n) is 2.36. The minimum absolute atomic E-state index is 0.133. The van der Waals surface area contributed by atoms with Gasteiger partial charge in [-0.05, 0) is 23.6 Å². The van der Waals surface area contributed by atoms with Crippen LogP contribution in [-0.2, 0) is 18.9 Å². The lowest BCUT2D eigenvalue weighted by molar-refractivity contribution is 0.525. The van der Waals surface area contributed by atoms with E-state index in [9.17, 15) is 4.79 Å². The van der Waals surface area contributed by atoms with Crippen molar-refractivity contribution in [2.75, 3.05) is 0 Å². The summed E-state index contributed by atoms with van der Waals surface area (Å²) in [6, 6.07) is 9.53. The molecule has 22 heavy (non-hydrogen) atoms. The van der Waals surface area contributed by atoms with Gasteiger partial charge in [0.25, 0.3) is 5.56 Å². The van der Waals surface area contributed by atoms with Crippen molar-refractivity contribution >= 4 is 0 Å². The molecular weight excluding hydrogens is 274 g/mol. The first kappa shape index (κ1) is 16.4. The second-order valence-corrected chi connectivity index (χ2v) is 6.74. The Morgan fingerprint density at radius 1 is 1.23 bits per heavy atom. The fourth-order valence-corrected chi connectivity index (χ4v) is 2.36. The van der Waals surface area contributed by atoms with E-state index in [2.05, 4.69) is 44.9 Å². The van der Waals surface area contributed by atoms with Crippen molar-refractivity contribution in [1.29, 1.82) is 0 Å². The molecule has 4 heteroatoms. The lowest BCUT2D eigenvalue weighted by Crippen LogP contribution is -2.32. The number of aromatic nitrogens is 2. The Labute approximate surface area is 132 Å². The quantitative estimate of drug-likeness (QED) is 0.948. The smallest absolute Gasteiger partial charge is 0.271 e. The molecule has 1 heterocycles. The van der Waals surface area contributed by atoms with Gasteiger partial charge < -0.3 is 5.73 Å². The van der Waals surface area contributed by atoms with Gasteiger partial charge in [-0.1, -0.05) is 52.0 Å². The van der Waals surface area contributed by atoms with Gasteiger partial charge in [-0.2, -0.15) is 5.10 Å². The number of aryl methyl sites for hydroxylation is 2. The molecule has 2 aromatic rings. The van der Waals surface area contributed by atoms with Crippen LogP contribution in [0.25, 0.3) is 0 Å². The number of benzene rings is 1. The molecule has 2 N–H and O–H groups in total. The van der Waals surface area contributed by atoms with Gasteiger partial charge in [0.2, 0.25) is 0 Å². The highest BCUT2D eigenvalue weighted by molar-refractivity contribution is 5.33. The summed E-state index contributed by atoms with van der Waals surface area (Å²) in [6.07, 6.45) is 0.987. The predicted molar refractivity (Wildman–Crippen MR) is 90.0 cm³/mol. The summed E-state index contributed by atoms with van der Waals surface area (Å²) in [5.74, 6) is 0. The molecule has 4 nitrogen and oxygen atoms in total. The molecule has 0 bridgehead atoms. The minimum Gasteiger partial charge on any atom is -0.320 e. The monoisotopic (exact) mass is 299 g/mol. The zero-order valence-electron chi connectivity index (χ0n) is 14.1. The van der Waals surface area contributed by atoms with Crippen molar-refractivity contribution in [2.24, 2.45) is 12.8 Å². The van der Waals surface area contributed by atoms with Gasteiger partial charge in [-0.3, -0.25) is 4.79 Å². The SMILES string of the molecule is CCc1ccc(C(N)c2cc(C(C)(C)C)nn(C)c2=O)cc1. The summed E-state index contributed by atoms with van der Waals surface area (Å²) < 4.78 is 1.39. The normalized spacial score (nSPS) is 13.2. The molecule has 1 aromatic heterocycles. The summed E-state index contributed by atoms with van der Waals surface area (Å²) in [4.78, 5) is 12.4. The molecule has 118 valence electrons. The van der Waals surface area contributed by atoms with Crippen LogP contribution >= 0.6 is 0 Å². The average Bonchev–Trinajstić information content (AvgIpc) is 2.48. The Morgan fingerprint density at radius 2 is 1.82 bits per heavy atom. The molecule has 0 aliphatic carbocycles. The second-order valence-electron chi connectivity index (χ2n) is 6.74. The highest BCUT2D eigenvalue weighted by Crippen LogP contribution is 2.23. The van der Waals surface area contributed by atoms with Gasteiger partial charge in [-0.25, -0.2) is 4.68 Å². The van der Waals surface area contributed by atoms with E-state index in [0.29, 0.717) is 5.56 Å². The van der Waals surface area contributed by atoms with Crippen LogP contribution < -0.4 is 11.3 Å². The molecule has 0 saturated heterocycles. The summed E-state index contributed by atoms with van der Waals surface area (Å²) in [6.45, 7) is 8.34. The molecule has 1 unspecified atom stereocenters. The van der Waals surface area contributed by atoms with Crippen molar-refractivity contribution in [3.63, 3.8) is 0 Å². The maximum Gasteiger partial charge on any atom is 0.271 e. The average molecular weight is 299 g/mol. The van der Waals surface area contributed by atoms with Crippen molar-refractivity contribution in [2.45, 2.75) is 45.6 Å². The third-order valence-corrected chi connectivity index (χ3v) is 3.94. The van der Waals surface area contributed by atoms with Gasteiger partial charge in [0.1, 0.15) is 0 Å². The Kier molecular flexibility index (Phi) is 4.52. The standard InChI is InChI=1S/C18H25N3O/c1-6-12-7-9-13(10-8-12)16(19)14-11-15(18(2,3)4)20-21(5)17(14)22/h7-11,16H,6,19H2,1-5H3. The van der Waals surface area contributed by atoms with Crippen LogP contribution in [0.3, 0.4) is 0 Å². The van der Waals surface area contributed by atoms with E-state index in [0.717, 1.165) is 17.7 Å². The van der Waals surface area contributed by atoms with Crippen LogP contribution in [0.15, 0.2) is 35.1 Å².